The number of nitrogen functional groups attached to an aromatic ring is 1. The lowest BCUT2D eigenvalue weighted by molar-refractivity contribution is 0.0613. The second kappa shape index (κ2) is 5.40. The van der Waals surface area contributed by atoms with Crippen LogP contribution in [0, 0.1) is 11.6 Å². The van der Waals surface area contributed by atoms with E-state index >= 15 is 0 Å². The Kier molecular flexibility index (Phi) is 4.49. The molecule has 0 amide bonds. The lowest BCUT2D eigenvalue weighted by Gasteiger charge is -2.21. The molecular formula is C11H16F2N2O3S. The number of aliphatic hydroxyl groups is 1. The van der Waals surface area contributed by atoms with Gasteiger partial charge in [0.2, 0.25) is 10.0 Å². The number of hydrogen-bond donors (Lipinski definition) is 3. The first kappa shape index (κ1) is 15.8. The second-order valence-electron chi connectivity index (χ2n) is 4.48. The Morgan fingerprint density at radius 3 is 2.47 bits per heavy atom. The van der Waals surface area contributed by atoms with Crippen molar-refractivity contribution in [2.75, 3.05) is 12.3 Å². The van der Waals surface area contributed by atoms with Crippen molar-refractivity contribution in [3.8, 4) is 0 Å². The van der Waals surface area contributed by atoms with Crippen molar-refractivity contribution >= 4 is 15.7 Å². The molecule has 0 aliphatic carbocycles. The Morgan fingerprint density at radius 1 is 1.37 bits per heavy atom. The maximum atomic E-state index is 13.5. The Labute approximate surface area is 110 Å². The molecule has 0 bridgehead atoms. The molecule has 0 saturated carbocycles. The lowest BCUT2D eigenvalue weighted by atomic mass is 10.1. The number of hydrogen-bond acceptors (Lipinski definition) is 4. The zero-order chi connectivity index (χ0) is 14.8. The topological polar surface area (TPSA) is 92.4 Å². The highest BCUT2D eigenvalue weighted by atomic mass is 32.2. The van der Waals surface area contributed by atoms with Crippen LogP contribution in [0.1, 0.15) is 20.3 Å². The molecule has 1 rings (SSSR count). The van der Waals surface area contributed by atoms with Gasteiger partial charge in [-0.05, 0) is 19.4 Å². The zero-order valence-electron chi connectivity index (χ0n) is 10.6. The molecule has 108 valence electrons. The third kappa shape index (κ3) is 3.85. The van der Waals surface area contributed by atoms with E-state index in [1.807, 2.05) is 0 Å². The summed E-state index contributed by atoms with van der Waals surface area (Å²) >= 11 is 0. The van der Waals surface area contributed by atoms with Crippen molar-refractivity contribution in [1.29, 1.82) is 0 Å². The van der Waals surface area contributed by atoms with Gasteiger partial charge in [0.15, 0.2) is 0 Å². The van der Waals surface area contributed by atoms with E-state index in [1.165, 1.54) is 6.92 Å². The van der Waals surface area contributed by atoms with Gasteiger partial charge in [0, 0.05) is 12.6 Å². The van der Waals surface area contributed by atoms with Gasteiger partial charge in [0.1, 0.15) is 16.5 Å². The minimum Gasteiger partial charge on any atom is -0.396 e. The van der Waals surface area contributed by atoms with Gasteiger partial charge in [-0.3, -0.25) is 0 Å². The van der Waals surface area contributed by atoms with Crippen molar-refractivity contribution in [2.45, 2.75) is 30.8 Å². The first-order valence-corrected chi connectivity index (χ1v) is 7.04. The van der Waals surface area contributed by atoms with E-state index in [0.717, 1.165) is 0 Å². The van der Waals surface area contributed by atoms with Gasteiger partial charge in [-0.25, -0.2) is 21.9 Å². The summed E-state index contributed by atoms with van der Waals surface area (Å²) in [6.45, 7) is 2.82. The lowest BCUT2D eigenvalue weighted by Crippen LogP contribution is -2.40. The van der Waals surface area contributed by atoms with E-state index in [1.54, 1.807) is 6.92 Å². The molecule has 1 unspecified atom stereocenters. The summed E-state index contributed by atoms with van der Waals surface area (Å²) in [5.74, 6) is -2.27. The van der Waals surface area contributed by atoms with Crippen LogP contribution in [0.15, 0.2) is 17.0 Å². The molecule has 0 aliphatic rings. The van der Waals surface area contributed by atoms with Crippen LogP contribution in [-0.2, 0) is 10.0 Å². The smallest absolute Gasteiger partial charge is 0.243 e. The quantitative estimate of drug-likeness (QED) is 0.706. The molecule has 19 heavy (non-hydrogen) atoms. The van der Waals surface area contributed by atoms with E-state index in [-0.39, 0.29) is 6.54 Å². The Hall–Kier alpha value is -1.25. The van der Waals surface area contributed by atoms with Crippen molar-refractivity contribution in [3.63, 3.8) is 0 Å². The van der Waals surface area contributed by atoms with E-state index in [2.05, 4.69) is 4.72 Å². The maximum absolute atomic E-state index is 13.5. The van der Waals surface area contributed by atoms with Crippen LogP contribution in [0.3, 0.4) is 0 Å². The van der Waals surface area contributed by atoms with Gasteiger partial charge in [-0.15, -0.1) is 0 Å². The number of benzene rings is 1. The van der Waals surface area contributed by atoms with Crippen LogP contribution >= 0.6 is 0 Å². The van der Waals surface area contributed by atoms with Gasteiger partial charge in [-0.1, -0.05) is 6.92 Å². The summed E-state index contributed by atoms with van der Waals surface area (Å²) < 4.78 is 52.1. The highest BCUT2D eigenvalue weighted by molar-refractivity contribution is 7.89. The van der Waals surface area contributed by atoms with Crippen molar-refractivity contribution in [3.05, 3.63) is 23.8 Å². The standard InChI is InChI=1S/C11H16F2N2O3S/c1-3-11(2,16)6-15-19(17,18)10-5-9(14)7(12)4-8(10)13/h4-5,15-16H,3,6,14H2,1-2H3. The monoisotopic (exact) mass is 294 g/mol. The highest BCUT2D eigenvalue weighted by Gasteiger charge is 2.25. The molecule has 0 fully saturated rings. The van der Waals surface area contributed by atoms with Crippen LogP contribution < -0.4 is 10.5 Å². The first-order valence-electron chi connectivity index (χ1n) is 5.55. The average molecular weight is 294 g/mol. The molecule has 1 aromatic carbocycles. The fourth-order valence-electron chi connectivity index (χ4n) is 1.20. The fraction of sp³-hybridized carbons (Fsp3) is 0.455. The van der Waals surface area contributed by atoms with Gasteiger partial charge in [0.05, 0.1) is 11.3 Å². The Morgan fingerprint density at radius 2 is 1.95 bits per heavy atom. The van der Waals surface area contributed by atoms with Gasteiger partial charge in [0.25, 0.3) is 0 Å². The molecule has 0 aliphatic heterocycles. The van der Waals surface area contributed by atoms with E-state index < -0.39 is 37.8 Å². The van der Waals surface area contributed by atoms with Crippen LogP contribution in [0.2, 0.25) is 0 Å². The average Bonchev–Trinajstić information content (AvgIpc) is 2.31. The first-order chi connectivity index (χ1) is 8.59. The summed E-state index contributed by atoms with van der Waals surface area (Å²) in [4.78, 5) is -0.752. The summed E-state index contributed by atoms with van der Waals surface area (Å²) in [7, 11) is -4.21. The van der Waals surface area contributed by atoms with Crippen LogP contribution in [0.4, 0.5) is 14.5 Å². The number of rotatable bonds is 5. The summed E-state index contributed by atoms with van der Waals surface area (Å²) in [5, 5.41) is 9.70. The maximum Gasteiger partial charge on any atom is 0.243 e. The Bertz CT molecular complexity index is 574. The third-order valence-electron chi connectivity index (χ3n) is 2.75. The number of nitrogens with two attached hydrogens (primary N) is 1. The minimum atomic E-state index is -4.21. The van der Waals surface area contributed by atoms with Crippen LogP contribution in [0.25, 0.3) is 0 Å². The molecule has 0 spiro atoms. The minimum absolute atomic E-state index is 0.289. The molecule has 1 aromatic rings. The van der Waals surface area contributed by atoms with Crippen molar-refractivity contribution in [1.82, 2.24) is 4.72 Å². The fourth-order valence-corrected chi connectivity index (χ4v) is 2.46. The van der Waals surface area contributed by atoms with E-state index in [9.17, 15) is 22.3 Å². The highest BCUT2D eigenvalue weighted by Crippen LogP contribution is 2.21. The molecule has 0 saturated heterocycles. The molecule has 0 radical (unpaired) electrons. The molecular weight excluding hydrogens is 278 g/mol. The van der Waals surface area contributed by atoms with Crippen LogP contribution in [0.5, 0.6) is 0 Å². The van der Waals surface area contributed by atoms with Gasteiger partial charge >= 0.3 is 0 Å². The predicted molar refractivity (Wildman–Crippen MR) is 66.9 cm³/mol. The van der Waals surface area contributed by atoms with Crippen LogP contribution in [-0.4, -0.2) is 25.7 Å². The normalized spacial score (nSPS) is 15.2. The number of nitrogens with one attached hydrogen (secondary N) is 1. The van der Waals surface area contributed by atoms with Gasteiger partial charge < -0.3 is 10.8 Å². The molecule has 4 N–H and O–H groups in total. The number of halogens is 2. The molecule has 1 atom stereocenters. The van der Waals surface area contributed by atoms with E-state index in [4.69, 9.17) is 5.73 Å². The third-order valence-corrected chi connectivity index (χ3v) is 4.16. The SMILES string of the molecule is CCC(C)(O)CNS(=O)(=O)c1cc(N)c(F)cc1F. The van der Waals surface area contributed by atoms with Crippen molar-refractivity contribution < 1.29 is 22.3 Å². The number of sulfonamides is 1. The molecule has 0 aromatic heterocycles. The van der Waals surface area contributed by atoms with Crippen molar-refractivity contribution in [2.24, 2.45) is 0 Å². The molecule has 8 heteroatoms. The molecule has 5 nitrogen and oxygen atoms in total. The largest absolute Gasteiger partial charge is 0.396 e. The van der Waals surface area contributed by atoms with Gasteiger partial charge in [-0.2, -0.15) is 0 Å². The predicted octanol–water partition coefficient (Wildman–Crippen LogP) is 0.986. The number of anilines is 1. The zero-order valence-corrected chi connectivity index (χ0v) is 11.4. The Balaban J connectivity index is 3.05. The summed E-state index contributed by atoms with van der Waals surface area (Å²) in [6.07, 6.45) is 0.309. The second-order valence-corrected chi connectivity index (χ2v) is 6.21. The molecule has 0 heterocycles. The summed E-state index contributed by atoms with van der Waals surface area (Å²) in [5.41, 5.74) is 3.49. The summed E-state index contributed by atoms with van der Waals surface area (Å²) in [6, 6.07) is 1.11. The van der Waals surface area contributed by atoms with E-state index in [0.29, 0.717) is 18.6 Å².